The number of rotatable bonds is 5. The van der Waals surface area contributed by atoms with E-state index in [1.807, 2.05) is 36.4 Å². The molecule has 1 aromatic carbocycles. The van der Waals surface area contributed by atoms with E-state index >= 15 is 0 Å². The summed E-state index contributed by atoms with van der Waals surface area (Å²) in [6, 6.07) is 11.3. The van der Waals surface area contributed by atoms with Crippen LogP contribution in [0.25, 0.3) is 6.08 Å². The molecule has 2 aliphatic rings. The van der Waals surface area contributed by atoms with Crippen LogP contribution in [-0.4, -0.2) is 18.4 Å². The Morgan fingerprint density at radius 1 is 1.27 bits per heavy atom. The Morgan fingerprint density at radius 3 is 2.81 bits per heavy atom. The first-order valence-corrected chi connectivity index (χ1v) is 9.10. The number of benzene rings is 1. The Bertz CT molecular complexity index is 868. The quantitative estimate of drug-likeness (QED) is 0.823. The van der Waals surface area contributed by atoms with Crippen molar-refractivity contribution in [3.8, 4) is 0 Å². The second-order valence-corrected chi connectivity index (χ2v) is 7.05. The van der Waals surface area contributed by atoms with Crippen LogP contribution in [0.2, 0.25) is 0 Å². The van der Waals surface area contributed by atoms with Crippen molar-refractivity contribution in [3.05, 3.63) is 54.0 Å². The predicted octanol–water partition coefficient (Wildman–Crippen LogP) is 4.18. The molecule has 2 amide bonds. The fourth-order valence-corrected chi connectivity index (χ4v) is 3.43. The molecule has 1 aliphatic heterocycles. The van der Waals surface area contributed by atoms with Crippen LogP contribution in [0.1, 0.15) is 43.6 Å². The third-order valence-electron chi connectivity index (χ3n) is 5.05. The average molecular weight is 350 g/mol. The van der Waals surface area contributed by atoms with E-state index in [-0.39, 0.29) is 11.8 Å². The summed E-state index contributed by atoms with van der Waals surface area (Å²) in [5, 5.41) is 2.87. The molecule has 0 spiro atoms. The van der Waals surface area contributed by atoms with Crippen LogP contribution in [0.4, 0.5) is 11.4 Å². The molecule has 5 heteroatoms. The van der Waals surface area contributed by atoms with Gasteiger partial charge in [0, 0.05) is 25.0 Å². The highest BCUT2D eigenvalue weighted by Gasteiger charge is 2.36. The minimum absolute atomic E-state index is 0.0969. The second-order valence-electron chi connectivity index (χ2n) is 7.05. The minimum Gasteiger partial charge on any atom is -0.461 e. The van der Waals surface area contributed by atoms with Crippen molar-refractivity contribution in [2.75, 3.05) is 16.8 Å². The highest BCUT2D eigenvalue weighted by molar-refractivity contribution is 6.06. The summed E-state index contributed by atoms with van der Waals surface area (Å²) in [4.78, 5) is 26.0. The van der Waals surface area contributed by atoms with Crippen molar-refractivity contribution in [2.45, 2.75) is 32.1 Å². The number of hydrogen-bond donors (Lipinski definition) is 1. The topological polar surface area (TPSA) is 62.6 Å². The molecule has 1 saturated heterocycles. The van der Waals surface area contributed by atoms with Crippen molar-refractivity contribution < 1.29 is 14.0 Å². The van der Waals surface area contributed by atoms with E-state index in [9.17, 15) is 9.59 Å². The van der Waals surface area contributed by atoms with Gasteiger partial charge in [-0.15, -0.1) is 0 Å². The molecule has 1 aliphatic carbocycles. The molecular formula is C21H22N2O3. The van der Waals surface area contributed by atoms with E-state index in [4.69, 9.17) is 4.42 Å². The maximum absolute atomic E-state index is 12.3. The molecule has 1 aromatic heterocycles. The van der Waals surface area contributed by atoms with E-state index in [0.717, 1.165) is 17.9 Å². The number of furan rings is 1. The third-order valence-corrected chi connectivity index (χ3v) is 5.05. The first kappa shape index (κ1) is 16.6. The Morgan fingerprint density at radius 2 is 2.08 bits per heavy atom. The van der Waals surface area contributed by atoms with Gasteiger partial charge in [-0.25, -0.2) is 0 Å². The predicted molar refractivity (Wildman–Crippen MR) is 101 cm³/mol. The number of amides is 2. The molecular weight excluding hydrogens is 328 g/mol. The van der Waals surface area contributed by atoms with Gasteiger partial charge in [0.2, 0.25) is 11.8 Å². The summed E-state index contributed by atoms with van der Waals surface area (Å²) >= 11 is 0. The normalized spacial score (nSPS) is 22.2. The summed E-state index contributed by atoms with van der Waals surface area (Å²) in [6.45, 7) is 2.90. The van der Waals surface area contributed by atoms with Crippen LogP contribution in [0.3, 0.4) is 0 Å². The number of carbonyl (C=O) groups is 2. The van der Waals surface area contributed by atoms with Gasteiger partial charge >= 0.3 is 0 Å². The number of para-hydroxylation sites is 2. The first-order chi connectivity index (χ1) is 12.6. The zero-order valence-corrected chi connectivity index (χ0v) is 14.8. The van der Waals surface area contributed by atoms with Crippen LogP contribution >= 0.6 is 0 Å². The molecule has 0 unspecified atom stereocenters. The van der Waals surface area contributed by atoms with E-state index in [2.05, 4.69) is 12.2 Å². The van der Waals surface area contributed by atoms with Gasteiger partial charge in [0.05, 0.1) is 11.4 Å². The van der Waals surface area contributed by atoms with Gasteiger partial charge in [0.25, 0.3) is 0 Å². The van der Waals surface area contributed by atoms with E-state index in [0.29, 0.717) is 36.2 Å². The molecule has 26 heavy (non-hydrogen) atoms. The zero-order valence-electron chi connectivity index (χ0n) is 14.8. The summed E-state index contributed by atoms with van der Waals surface area (Å²) in [5.74, 6) is 2.73. The van der Waals surface area contributed by atoms with Crippen LogP contribution in [0.15, 0.2) is 46.9 Å². The fraction of sp³-hybridized carbons (Fsp3) is 0.333. The molecule has 2 heterocycles. The Hall–Kier alpha value is -2.82. The summed E-state index contributed by atoms with van der Waals surface area (Å²) in [5.41, 5.74) is 1.39. The van der Waals surface area contributed by atoms with Gasteiger partial charge < -0.3 is 14.6 Å². The van der Waals surface area contributed by atoms with Gasteiger partial charge in [-0.1, -0.05) is 19.1 Å². The van der Waals surface area contributed by atoms with Crippen LogP contribution in [-0.2, 0) is 9.59 Å². The molecule has 1 saturated carbocycles. The zero-order chi connectivity index (χ0) is 18.1. The van der Waals surface area contributed by atoms with Gasteiger partial charge in [-0.3, -0.25) is 9.59 Å². The molecule has 2 fully saturated rings. The standard InChI is InChI=1S/C21H22N2O3/c1-14-13-16(14)19-10-8-15(26-19)9-11-20(24)22-17-5-2-3-6-18(17)23-12-4-7-21(23)25/h2-3,5-6,8-11,14,16H,4,7,12-13H2,1H3,(H,22,24)/b11-9+/t14-,16+/m0/s1. The SMILES string of the molecule is C[C@H]1C[C@H]1c1ccc(/C=C/C(=O)Nc2ccccc2N2CCCC2=O)o1. The maximum Gasteiger partial charge on any atom is 0.248 e. The molecule has 4 rings (SSSR count). The lowest BCUT2D eigenvalue weighted by Gasteiger charge is -2.19. The van der Waals surface area contributed by atoms with Crippen LogP contribution in [0.5, 0.6) is 0 Å². The Kier molecular flexibility index (Phi) is 4.37. The van der Waals surface area contributed by atoms with E-state index < -0.39 is 0 Å². The number of nitrogens with one attached hydrogen (secondary N) is 1. The molecule has 0 radical (unpaired) electrons. The maximum atomic E-state index is 12.3. The summed E-state index contributed by atoms with van der Waals surface area (Å²) < 4.78 is 5.78. The minimum atomic E-state index is -0.248. The van der Waals surface area contributed by atoms with Crippen molar-refractivity contribution in [1.82, 2.24) is 0 Å². The number of carbonyl (C=O) groups excluding carboxylic acids is 2. The Labute approximate surface area is 152 Å². The second kappa shape index (κ2) is 6.83. The summed E-state index contributed by atoms with van der Waals surface area (Å²) in [6.07, 6.45) is 5.71. The van der Waals surface area contributed by atoms with Gasteiger partial charge in [-0.05, 0) is 49.1 Å². The van der Waals surface area contributed by atoms with Crippen molar-refractivity contribution >= 4 is 29.3 Å². The van der Waals surface area contributed by atoms with Gasteiger partial charge in [0.15, 0.2) is 0 Å². The van der Waals surface area contributed by atoms with E-state index in [1.165, 1.54) is 12.5 Å². The van der Waals surface area contributed by atoms with Crippen LogP contribution < -0.4 is 10.2 Å². The number of nitrogens with zero attached hydrogens (tertiary/aromatic N) is 1. The van der Waals surface area contributed by atoms with Gasteiger partial charge in [0.1, 0.15) is 11.5 Å². The molecule has 1 N–H and O–H groups in total. The van der Waals surface area contributed by atoms with Crippen molar-refractivity contribution in [1.29, 1.82) is 0 Å². The molecule has 0 bridgehead atoms. The lowest BCUT2D eigenvalue weighted by Crippen LogP contribution is -2.25. The summed E-state index contributed by atoms with van der Waals surface area (Å²) in [7, 11) is 0. The lowest BCUT2D eigenvalue weighted by molar-refractivity contribution is -0.117. The van der Waals surface area contributed by atoms with Gasteiger partial charge in [-0.2, -0.15) is 0 Å². The first-order valence-electron chi connectivity index (χ1n) is 9.10. The average Bonchev–Trinajstić information content (AvgIpc) is 3.01. The smallest absolute Gasteiger partial charge is 0.248 e. The molecule has 5 nitrogen and oxygen atoms in total. The monoisotopic (exact) mass is 350 g/mol. The molecule has 2 atom stereocenters. The molecule has 2 aromatic rings. The van der Waals surface area contributed by atoms with E-state index in [1.54, 1.807) is 11.0 Å². The van der Waals surface area contributed by atoms with Crippen LogP contribution in [0, 0.1) is 5.92 Å². The highest BCUT2D eigenvalue weighted by Crippen LogP contribution is 2.47. The van der Waals surface area contributed by atoms with Crippen molar-refractivity contribution in [3.63, 3.8) is 0 Å². The highest BCUT2D eigenvalue weighted by atomic mass is 16.3. The number of hydrogen-bond acceptors (Lipinski definition) is 3. The fourth-order valence-electron chi connectivity index (χ4n) is 3.43. The molecule has 134 valence electrons. The lowest BCUT2D eigenvalue weighted by atomic mass is 10.2. The Balaban J connectivity index is 1.43. The largest absolute Gasteiger partial charge is 0.461 e. The number of anilines is 2. The third kappa shape index (κ3) is 3.43. The van der Waals surface area contributed by atoms with Crippen molar-refractivity contribution in [2.24, 2.45) is 5.92 Å².